The first-order valence-electron chi connectivity index (χ1n) is 6.81. The minimum absolute atomic E-state index is 0.254. The molecule has 0 fully saturated rings. The molecule has 1 amide bonds. The summed E-state index contributed by atoms with van der Waals surface area (Å²) in [5, 5.41) is 10.6. The summed E-state index contributed by atoms with van der Waals surface area (Å²) in [5.41, 5.74) is 2.12. The average Bonchev–Trinajstić information content (AvgIpc) is 2.86. The van der Waals surface area contributed by atoms with Crippen LogP contribution in [0.4, 0.5) is 5.82 Å². The van der Waals surface area contributed by atoms with Crippen molar-refractivity contribution in [2.45, 2.75) is 26.8 Å². The molecule has 0 bridgehead atoms. The zero-order chi connectivity index (χ0) is 15.2. The lowest BCUT2D eigenvalue weighted by atomic mass is 10.2. The summed E-state index contributed by atoms with van der Waals surface area (Å²) in [7, 11) is 1.66. The number of anilines is 1. The van der Waals surface area contributed by atoms with Gasteiger partial charge in [-0.2, -0.15) is 0 Å². The van der Waals surface area contributed by atoms with Gasteiger partial charge < -0.3 is 10.1 Å². The Morgan fingerprint density at radius 2 is 2.29 bits per heavy atom. The van der Waals surface area contributed by atoms with Crippen LogP contribution in [0.1, 0.15) is 28.7 Å². The first-order chi connectivity index (χ1) is 10.2. The first kappa shape index (κ1) is 15.1. The van der Waals surface area contributed by atoms with E-state index in [1.807, 2.05) is 19.1 Å². The lowest BCUT2D eigenvalue weighted by Crippen LogP contribution is -2.19. The van der Waals surface area contributed by atoms with Gasteiger partial charge in [0.15, 0.2) is 0 Å². The van der Waals surface area contributed by atoms with E-state index in [1.165, 1.54) is 0 Å². The predicted octanol–water partition coefficient (Wildman–Crippen LogP) is 1.44. The smallest absolute Gasteiger partial charge is 0.277 e. The van der Waals surface area contributed by atoms with Crippen LogP contribution in [0.2, 0.25) is 0 Å². The zero-order valence-corrected chi connectivity index (χ0v) is 12.5. The molecule has 7 nitrogen and oxygen atoms in total. The monoisotopic (exact) mass is 289 g/mol. The number of hydrogen-bond donors (Lipinski definition) is 1. The molecule has 0 spiro atoms. The van der Waals surface area contributed by atoms with E-state index < -0.39 is 0 Å². The summed E-state index contributed by atoms with van der Waals surface area (Å²) >= 11 is 0. The van der Waals surface area contributed by atoms with Crippen LogP contribution in [-0.4, -0.2) is 39.6 Å². The third-order valence-corrected chi connectivity index (χ3v) is 3.08. The maximum atomic E-state index is 12.3. The number of nitrogens with zero attached hydrogens (tertiary/aromatic N) is 4. The molecule has 1 N–H and O–H groups in total. The average molecular weight is 289 g/mol. The molecule has 0 saturated heterocycles. The molecule has 7 heteroatoms. The lowest BCUT2D eigenvalue weighted by Gasteiger charge is -2.07. The van der Waals surface area contributed by atoms with Crippen molar-refractivity contribution >= 4 is 11.7 Å². The van der Waals surface area contributed by atoms with Gasteiger partial charge in [-0.05, 0) is 38.0 Å². The standard InChI is InChI=1S/C14H19N5O2/c1-4-19-13(10(2)17-18-19)14(20)16-12-9-11(5-7-15-12)6-8-21-3/h5,7,9H,4,6,8H2,1-3H3,(H,15,16,20). The third kappa shape index (κ3) is 3.63. The Kier molecular flexibility index (Phi) is 4.99. The fourth-order valence-electron chi connectivity index (χ4n) is 2.00. The van der Waals surface area contributed by atoms with E-state index >= 15 is 0 Å². The van der Waals surface area contributed by atoms with Crippen LogP contribution in [0, 0.1) is 6.92 Å². The molecule has 2 aromatic heterocycles. The number of methoxy groups -OCH3 is 1. The number of rotatable bonds is 6. The number of pyridine rings is 1. The second-order valence-corrected chi connectivity index (χ2v) is 4.59. The van der Waals surface area contributed by atoms with E-state index in [1.54, 1.807) is 24.9 Å². The highest BCUT2D eigenvalue weighted by Gasteiger charge is 2.17. The highest BCUT2D eigenvalue weighted by atomic mass is 16.5. The molecule has 21 heavy (non-hydrogen) atoms. The van der Waals surface area contributed by atoms with E-state index in [4.69, 9.17) is 4.74 Å². The first-order valence-corrected chi connectivity index (χ1v) is 6.81. The quantitative estimate of drug-likeness (QED) is 0.870. The van der Waals surface area contributed by atoms with Crippen molar-refractivity contribution in [1.82, 2.24) is 20.0 Å². The van der Waals surface area contributed by atoms with Crippen LogP contribution in [0.5, 0.6) is 0 Å². The van der Waals surface area contributed by atoms with Crippen molar-refractivity contribution in [3.05, 3.63) is 35.3 Å². The Balaban J connectivity index is 2.14. The molecular formula is C14H19N5O2. The van der Waals surface area contributed by atoms with E-state index in [0.717, 1.165) is 12.0 Å². The Morgan fingerprint density at radius 3 is 3.00 bits per heavy atom. The maximum absolute atomic E-state index is 12.3. The minimum atomic E-state index is -0.254. The third-order valence-electron chi connectivity index (χ3n) is 3.08. The zero-order valence-electron chi connectivity index (χ0n) is 12.5. The number of amides is 1. The molecule has 2 heterocycles. The van der Waals surface area contributed by atoms with Gasteiger partial charge in [0, 0.05) is 19.9 Å². The number of carbonyl (C=O) groups is 1. The molecule has 0 aliphatic heterocycles. The summed E-state index contributed by atoms with van der Waals surface area (Å²) in [6.07, 6.45) is 2.44. The highest BCUT2D eigenvalue weighted by Crippen LogP contribution is 2.11. The maximum Gasteiger partial charge on any atom is 0.277 e. The molecule has 2 rings (SSSR count). The van der Waals surface area contributed by atoms with Crippen molar-refractivity contribution in [2.24, 2.45) is 0 Å². The molecule has 0 aliphatic carbocycles. The van der Waals surface area contributed by atoms with Crippen LogP contribution in [0.15, 0.2) is 18.3 Å². The lowest BCUT2D eigenvalue weighted by molar-refractivity contribution is 0.101. The van der Waals surface area contributed by atoms with Gasteiger partial charge in [-0.3, -0.25) is 4.79 Å². The second kappa shape index (κ2) is 6.94. The summed E-state index contributed by atoms with van der Waals surface area (Å²) in [5.74, 6) is 0.257. The summed E-state index contributed by atoms with van der Waals surface area (Å²) in [6.45, 7) is 4.89. The van der Waals surface area contributed by atoms with Crippen molar-refractivity contribution in [3.63, 3.8) is 0 Å². The largest absolute Gasteiger partial charge is 0.384 e. The van der Waals surface area contributed by atoms with E-state index in [0.29, 0.717) is 30.4 Å². The molecule has 112 valence electrons. The van der Waals surface area contributed by atoms with Crippen molar-refractivity contribution in [1.29, 1.82) is 0 Å². The fraction of sp³-hybridized carbons (Fsp3) is 0.429. The van der Waals surface area contributed by atoms with Gasteiger partial charge in [0.1, 0.15) is 11.5 Å². The van der Waals surface area contributed by atoms with Crippen LogP contribution < -0.4 is 5.32 Å². The number of carbonyl (C=O) groups excluding carboxylic acids is 1. The van der Waals surface area contributed by atoms with Gasteiger partial charge in [-0.25, -0.2) is 9.67 Å². The van der Waals surface area contributed by atoms with E-state index in [9.17, 15) is 4.79 Å². The van der Waals surface area contributed by atoms with Crippen LogP contribution in [-0.2, 0) is 17.7 Å². The van der Waals surface area contributed by atoms with Crippen LogP contribution >= 0.6 is 0 Å². The number of aryl methyl sites for hydroxylation is 2. The van der Waals surface area contributed by atoms with Gasteiger partial charge in [0.2, 0.25) is 0 Å². The van der Waals surface area contributed by atoms with Crippen LogP contribution in [0.25, 0.3) is 0 Å². The van der Waals surface area contributed by atoms with Gasteiger partial charge in [-0.1, -0.05) is 5.21 Å². The number of ether oxygens (including phenoxy) is 1. The Morgan fingerprint density at radius 1 is 1.48 bits per heavy atom. The summed E-state index contributed by atoms with van der Waals surface area (Å²) < 4.78 is 6.61. The highest BCUT2D eigenvalue weighted by molar-refractivity contribution is 6.03. The van der Waals surface area contributed by atoms with Crippen LogP contribution in [0.3, 0.4) is 0 Å². The van der Waals surface area contributed by atoms with Crippen molar-refractivity contribution in [2.75, 3.05) is 19.0 Å². The molecule has 0 atom stereocenters. The molecule has 0 unspecified atom stereocenters. The van der Waals surface area contributed by atoms with Gasteiger partial charge in [-0.15, -0.1) is 5.10 Å². The molecule has 0 radical (unpaired) electrons. The summed E-state index contributed by atoms with van der Waals surface area (Å²) in [6, 6.07) is 3.74. The predicted molar refractivity (Wildman–Crippen MR) is 78.2 cm³/mol. The molecular weight excluding hydrogens is 270 g/mol. The van der Waals surface area contributed by atoms with E-state index in [-0.39, 0.29) is 5.91 Å². The molecule has 2 aromatic rings. The second-order valence-electron chi connectivity index (χ2n) is 4.59. The molecule has 0 aliphatic rings. The van der Waals surface area contributed by atoms with Gasteiger partial charge in [0.25, 0.3) is 5.91 Å². The minimum Gasteiger partial charge on any atom is -0.384 e. The molecule has 0 saturated carbocycles. The Hall–Kier alpha value is -2.28. The number of aromatic nitrogens is 4. The van der Waals surface area contributed by atoms with Gasteiger partial charge in [0.05, 0.1) is 12.3 Å². The number of nitrogens with one attached hydrogen (secondary N) is 1. The Bertz CT molecular complexity index is 624. The normalized spacial score (nSPS) is 10.6. The van der Waals surface area contributed by atoms with Crippen molar-refractivity contribution < 1.29 is 9.53 Å². The molecule has 0 aromatic carbocycles. The van der Waals surface area contributed by atoms with Crippen molar-refractivity contribution in [3.8, 4) is 0 Å². The SMILES string of the molecule is CCn1nnc(C)c1C(=O)Nc1cc(CCOC)ccn1. The summed E-state index contributed by atoms with van der Waals surface area (Å²) in [4.78, 5) is 16.5. The topological polar surface area (TPSA) is 81.9 Å². The fourth-order valence-corrected chi connectivity index (χ4v) is 2.00. The Labute approximate surface area is 123 Å². The van der Waals surface area contributed by atoms with E-state index in [2.05, 4.69) is 20.6 Å². The van der Waals surface area contributed by atoms with Gasteiger partial charge >= 0.3 is 0 Å². The number of hydrogen-bond acceptors (Lipinski definition) is 5.